The van der Waals surface area contributed by atoms with Crippen LogP contribution in [0.4, 0.5) is 0 Å². The van der Waals surface area contributed by atoms with Gasteiger partial charge in [-0.1, -0.05) is 0 Å². The summed E-state index contributed by atoms with van der Waals surface area (Å²) in [6.07, 6.45) is 0. The Morgan fingerprint density at radius 2 is 2.17 bits per heavy atom. The summed E-state index contributed by atoms with van der Waals surface area (Å²) < 4.78 is 7.25. The smallest absolute Gasteiger partial charge is 0.260 e. The SMILES string of the molecule is CCN(CCO)C(=O)COc1c(C)nn(C)c1C. The summed E-state index contributed by atoms with van der Waals surface area (Å²) in [5, 5.41) is 13.1. The molecule has 0 aliphatic carbocycles. The molecule has 1 rings (SSSR count). The highest BCUT2D eigenvalue weighted by Crippen LogP contribution is 2.21. The van der Waals surface area contributed by atoms with Crippen molar-refractivity contribution in [3.8, 4) is 5.75 Å². The first-order chi connectivity index (χ1) is 8.51. The van der Waals surface area contributed by atoms with Crippen molar-refractivity contribution in [2.75, 3.05) is 26.3 Å². The van der Waals surface area contributed by atoms with Gasteiger partial charge in [-0.25, -0.2) is 0 Å². The van der Waals surface area contributed by atoms with Crippen LogP contribution in [0.5, 0.6) is 5.75 Å². The van der Waals surface area contributed by atoms with Crippen molar-refractivity contribution in [3.05, 3.63) is 11.4 Å². The lowest BCUT2D eigenvalue weighted by Crippen LogP contribution is -2.36. The molecule has 0 saturated heterocycles. The molecule has 0 radical (unpaired) electrons. The van der Waals surface area contributed by atoms with Crippen LogP contribution in [0.3, 0.4) is 0 Å². The van der Waals surface area contributed by atoms with Gasteiger partial charge in [-0.05, 0) is 20.8 Å². The number of hydrogen-bond acceptors (Lipinski definition) is 4. The number of ether oxygens (including phenoxy) is 1. The molecule has 0 aliphatic rings. The number of aryl methyl sites for hydroxylation is 2. The van der Waals surface area contributed by atoms with Gasteiger partial charge in [-0.3, -0.25) is 9.48 Å². The third kappa shape index (κ3) is 3.22. The summed E-state index contributed by atoms with van der Waals surface area (Å²) in [5.41, 5.74) is 1.67. The predicted octanol–water partition coefficient (Wildman–Crippen LogP) is 0.257. The van der Waals surface area contributed by atoms with Gasteiger partial charge in [0, 0.05) is 20.1 Å². The highest BCUT2D eigenvalue weighted by atomic mass is 16.5. The number of carbonyl (C=O) groups excluding carboxylic acids is 1. The van der Waals surface area contributed by atoms with Gasteiger partial charge in [0.25, 0.3) is 5.91 Å². The number of aromatic nitrogens is 2. The van der Waals surface area contributed by atoms with Crippen molar-refractivity contribution >= 4 is 5.91 Å². The fourth-order valence-corrected chi connectivity index (χ4v) is 1.77. The lowest BCUT2D eigenvalue weighted by Gasteiger charge is -2.19. The van der Waals surface area contributed by atoms with Gasteiger partial charge < -0.3 is 14.7 Å². The van der Waals surface area contributed by atoms with E-state index in [-0.39, 0.29) is 19.1 Å². The van der Waals surface area contributed by atoms with Crippen molar-refractivity contribution in [2.45, 2.75) is 20.8 Å². The highest BCUT2D eigenvalue weighted by Gasteiger charge is 2.15. The molecule has 0 fully saturated rings. The Hall–Kier alpha value is -1.56. The Morgan fingerprint density at radius 3 is 2.61 bits per heavy atom. The van der Waals surface area contributed by atoms with Gasteiger partial charge in [-0.15, -0.1) is 0 Å². The van der Waals surface area contributed by atoms with Gasteiger partial charge in [-0.2, -0.15) is 5.10 Å². The number of carbonyl (C=O) groups is 1. The van der Waals surface area contributed by atoms with E-state index in [0.29, 0.717) is 18.8 Å². The van der Waals surface area contributed by atoms with Crippen molar-refractivity contribution in [1.29, 1.82) is 0 Å². The standard InChI is InChI=1S/C12H21N3O3/c1-5-15(6-7-16)11(17)8-18-12-9(2)13-14(4)10(12)3/h16H,5-8H2,1-4H3. The number of likely N-dealkylation sites (N-methyl/N-ethyl adjacent to an activating group) is 1. The second-order valence-electron chi connectivity index (χ2n) is 4.11. The molecule has 0 unspecified atom stereocenters. The van der Waals surface area contributed by atoms with Gasteiger partial charge in [0.2, 0.25) is 0 Å². The first kappa shape index (κ1) is 14.5. The largest absolute Gasteiger partial charge is 0.480 e. The Labute approximate surface area is 107 Å². The Morgan fingerprint density at radius 1 is 1.50 bits per heavy atom. The summed E-state index contributed by atoms with van der Waals surface area (Å²) in [6, 6.07) is 0. The van der Waals surface area contributed by atoms with E-state index in [1.165, 1.54) is 0 Å². The Bertz CT molecular complexity index is 415. The van der Waals surface area contributed by atoms with Gasteiger partial charge in [0.05, 0.1) is 12.3 Å². The van der Waals surface area contributed by atoms with E-state index in [1.807, 2.05) is 27.8 Å². The van der Waals surface area contributed by atoms with Gasteiger partial charge in [0.15, 0.2) is 12.4 Å². The number of rotatable bonds is 6. The maximum atomic E-state index is 11.8. The van der Waals surface area contributed by atoms with Crippen LogP contribution in [0.15, 0.2) is 0 Å². The number of nitrogens with zero attached hydrogens (tertiary/aromatic N) is 3. The van der Waals surface area contributed by atoms with E-state index in [2.05, 4.69) is 5.10 Å². The molecule has 0 saturated carbocycles. The normalized spacial score (nSPS) is 10.5. The monoisotopic (exact) mass is 255 g/mol. The fraction of sp³-hybridized carbons (Fsp3) is 0.667. The Kier molecular flexibility index (Phi) is 5.15. The second-order valence-corrected chi connectivity index (χ2v) is 4.11. The molecule has 0 aromatic carbocycles. The van der Waals surface area contributed by atoms with E-state index in [4.69, 9.17) is 9.84 Å². The lowest BCUT2D eigenvalue weighted by atomic mass is 10.3. The molecule has 1 aromatic heterocycles. The van der Waals surface area contributed by atoms with E-state index in [1.54, 1.807) is 9.58 Å². The van der Waals surface area contributed by atoms with E-state index in [0.717, 1.165) is 11.4 Å². The van der Waals surface area contributed by atoms with E-state index < -0.39 is 0 Å². The molecule has 6 heteroatoms. The summed E-state index contributed by atoms with van der Waals surface area (Å²) in [6.45, 7) is 6.45. The molecule has 0 atom stereocenters. The molecular weight excluding hydrogens is 234 g/mol. The minimum atomic E-state index is -0.130. The van der Waals surface area contributed by atoms with Crippen LogP contribution in [-0.2, 0) is 11.8 Å². The summed E-state index contributed by atoms with van der Waals surface area (Å²) >= 11 is 0. The third-order valence-corrected chi connectivity index (χ3v) is 2.89. The Balaban J connectivity index is 2.62. The first-order valence-electron chi connectivity index (χ1n) is 6.02. The zero-order valence-corrected chi connectivity index (χ0v) is 11.4. The predicted molar refractivity (Wildman–Crippen MR) is 67.5 cm³/mol. The number of hydrogen-bond donors (Lipinski definition) is 1. The number of amides is 1. The second kappa shape index (κ2) is 6.39. The maximum Gasteiger partial charge on any atom is 0.260 e. The van der Waals surface area contributed by atoms with Crippen molar-refractivity contribution in [1.82, 2.24) is 14.7 Å². The average molecular weight is 255 g/mol. The lowest BCUT2D eigenvalue weighted by molar-refractivity contribution is -0.133. The van der Waals surface area contributed by atoms with E-state index >= 15 is 0 Å². The molecule has 1 aromatic rings. The quantitative estimate of drug-likeness (QED) is 0.791. The molecule has 0 spiro atoms. The molecule has 102 valence electrons. The zero-order chi connectivity index (χ0) is 13.7. The van der Waals surface area contributed by atoms with Crippen LogP contribution in [0.2, 0.25) is 0 Å². The van der Waals surface area contributed by atoms with Crippen LogP contribution in [0, 0.1) is 13.8 Å². The molecule has 0 bridgehead atoms. The average Bonchev–Trinajstić information content (AvgIpc) is 2.58. The minimum Gasteiger partial charge on any atom is -0.480 e. The van der Waals surface area contributed by atoms with Crippen LogP contribution in [0.25, 0.3) is 0 Å². The number of aliphatic hydroxyl groups is 1. The molecule has 1 N–H and O–H groups in total. The summed E-state index contributed by atoms with van der Waals surface area (Å²) in [4.78, 5) is 13.4. The molecule has 1 amide bonds. The zero-order valence-electron chi connectivity index (χ0n) is 11.4. The van der Waals surface area contributed by atoms with Crippen LogP contribution in [-0.4, -0.2) is 52.0 Å². The molecule has 18 heavy (non-hydrogen) atoms. The highest BCUT2D eigenvalue weighted by molar-refractivity contribution is 5.77. The topological polar surface area (TPSA) is 67.6 Å². The summed E-state index contributed by atoms with van der Waals surface area (Å²) in [7, 11) is 1.83. The number of aliphatic hydroxyl groups excluding tert-OH is 1. The molecule has 1 heterocycles. The molecular formula is C12H21N3O3. The van der Waals surface area contributed by atoms with Crippen LogP contribution >= 0.6 is 0 Å². The fourth-order valence-electron chi connectivity index (χ4n) is 1.77. The van der Waals surface area contributed by atoms with Gasteiger partial charge >= 0.3 is 0 Å². The maximum absolute atomic E-state index is 11.8. The molecule has 0 aliphatic heterocycles. The van der Waals surface area contributed by atoms with Gasteiger partial charge in [0.1, 0.15) is 5.69 Å². The van der Waals surface area contributed by atoms with E-state index in [9.17, 15) is 4.79 Å². The minimum absolute atomic E-state index is 0.0266. The van der Waals surface area contributed by atoms with Crippen LogP contribution < -0.4 is 4.74 Å². The van der Waals surface area contributed by atoms with Crippen molar-refractivity contribution < 1.29 is 14.6 Å². The molecule has 6 nitrogen and oxygen atoms in total. The van der Waals surface area contributed by atoms with Crippen molar-refractivity contribution in [3.63, 3.8) is 0 Å². The van der Waals surface area contributed by atoms with Crippen molar-refractivity contribution in [2.24, 2.45) is 7.05 Å². The first-order valence-corrected chi connectivity index (χ1v) is 6.02. The third-order valence-electron chi connectivity index (χ3n) is 2.89. The summed E-state index contributed by atoms with van der Waals surface area (Å²) in [5.74, 6) is 0.528. The van der Waals surface area contributed by atoms with Crippen LogP contribution in [0.1, 0.15) is 18.3 Å².